The summed E-state index contributed by atoms with van der Waals surface area (Å²) in [5.41, 5.74) is 2.13. The summed E-state index contributed by atoms with van der Waals surface area (Å²) in [4.78, 5) is 36.5. The van der Waals surface area contributed by atoms with Crippen LogP contribution in [0, 0.1) is 0 Å². The third-order valence-corrected chi connectivity index (χ3v) is 6.02. The van der Waals surface area contributed by atoms with Gasteiger partial charge < -0.3 is 14.8 Å². The number of carbonyl (C=O) groups excluding carboxylic acids is 2. The van der Waals surface area contributed by atoms with Crippen molar-refractivity contribution in [3.05, 3.63) is 48.0 Å². The van der Waals surface area contributed by atoms with Crippen molar-refractivity contribution in [3.63, 3.8) is 0 Å². The first kappa shape index (κ1) is 21.9. The monoisotopic (exact) mass is 452 g/mol. The summed E-state index contributed by atoms with van der Waals surface area (Å²) in [6.45, 7) is 2.03. The Hall–Kier alpha value is -3.33. The number of rotatable bonds is 7. The summed E-state index contributed by atoms with van der Waals surface area (Å²) in [6.07, 6.45) is 1.53. The van der Waals surface area contributed by atoms with E-state index in [-0.39, 0.29) is 17.6 Å². The first-order chi connectivity index (χ1) is 15.5. The molecule has 4 rings (SSSR count). The molecule has 9 heteroatoms. The van der Waals surface area contributed by atoms with E-state index in [0.717, 1.165) is 17.7 Å². The number of hydrogen-bond donors (Lipinski definition) is 1. The number of hydrogen-bond acceptors (Lipinski definition) is 7. The quantitative estimate of drug-likeness (QED) is 0.689. The number of anilines is 1. The highest BCUT2D eigenvalue weighted by molar-refractivity contribution is 8.14. The standard InChI is InChI=1S/C23H24N4O4S/c1-4-7-19-22(29)27-21(25-19)17-8-5-6-9-18(17)26-23(27)32-13-20(28)24-14-10-15(30-2)12-16(11-14)31-3/h5-6,8-12,19H,4,7,13H2,1-3H3,(H,24,28). The van der Waals surface area contributed by atoms with E-state index in [1.54, 1.807) is 37.3 Å². The molecule has 0 saturated carbocycles. The second kappa shape index (κ2) is 9.44. The SMILES string of the molecule is CCCC1N=C2c3ccccc3N=C(SCC(=O)Nc3cc(OC)cc(OC)c3)N2C1=O. The number of benzene rings is 2. The fourth-order valence-corrected chi connectivity index (χ4v) is 4.37. The van der Waals surface area contributed by atoms with Crippen molar-refractivity contribution in [1.29, 1.82) is 0 Å². The molecular weight excluding hydrogens is 428 g/mol. The van der Waals surface area contributed by atoms with Crippen LogP contribution in [0.1, 0.15) is 25.3 Å². The predicted octanol–water partition coefficient (Wildman–Crippen LogP) is 3.83. The number of para-hydroxylation sites is 1. The Kier molecular flexibility index (Phi) is 6.45. The van der Waals surface area contributed by atoms with Crippen molar-refractivity contribution in [2.45, 2.75) is 25.8 Å². The van der Waals surface area contributed by atoms with Gasteiger partial charge in [-0.2, -0.15) is 0 Å². The van der Waals surface area contributed by atoms with Crippen molar-refractivity contribution in [2.75, 3.05) is 25.3 Å². The number of fused-ring (bicyclic) bond motifs is 3. The van der Waals surface area contributed by atoms with Crippen LogP contribution in [0.2, 0.25) is 0 Å². The van der Waals surface area contributed by atoms with Crippen molar-refractivity contribution in [2.24, 2.45) is 9.98 Å². The second-order valence-corrected chi connectivity index (χ2v) is 8.22. The van der Waals surface area contributed by atoms with Gasteiger partial charge in [0.2, 0.25) is 5.91 Å². The van der Waals surface area contributed by atoms with Crippen LogP contribution >= 0.6 is 11.8 Å². The molecule has 32 heavy (non-hydrogen) atoms. The number of nitrogens with one attached hydrogen (secondary N) is 1. The average Bonchev–Trinajstić information content (AvgIpc) is 3.14. The van der Waals surface area contributed by atoms with Gasteiger partial charge in [-0.3, -0.25) is 14.6 Å². The first-order valence-corrected chi connectivity index (χ1v) is 11.3. The Balaban J connectivity index is 1.52. The molecule has 0 aliphatic carbocycles. The summed E-state index contributed by atoms with van der Waals surface area (Å²) in [5, 5.41) is 3.30. The van der Waals surface area contributed by atoms with Gasteiger partial charge in [0.15, 0.2) is 5.17 Å². The van der Waals surface area contributed by atoms with E-state index in [1.807, 2.05) is 31.2 Å². The zero-order valence-corrected chi connectivity index (χ0v) is 18.9. The summed E-state index contributed by atoms with van der Waals surface area (Å²) >= 11 is 1.21. The number of nitrogens with zero attached hydrogens (tertiary/aromatic N) is 3. The molecule has 1 N–H and O–H groups in total. The minimum Gasteiger partial charge on any atom is -0.497 e. The van der Waals surface area contributed by atoms with Gasteiger partial charge in [-0.05, 0) is 18.6 Å². The topological polar surface area (TPSA) is 92.6 Å². The van der Waals surface area contributed by atoms with Gasteiger partial charge in [0.1, 0.15) is 23.4 Å². The lowest BCUT2D eigenvalue weighted by Gasteiger charge is -2.25. The molecule has 1 atom stereocenters. The van der Waals surface area contributed by atoms with Crippen LogP contribution in [-0.2, 0) is 9.59 Å². The minimum absolute atomic E-state index is 0.0794. The van der Waals surface area contributed by atoms with E-state index >= 15 is 0 Å². The zero-order chi connectivity index (χ0) is 22.7. The molecule has 0 spiro atoms. The Morgan fingerprint density at radius 1 is 1.16 bits per heavy atom. The van der Waals surface area contributed by atoms with Crippen LogP contribution < -0.4 is 14.8 Å². The lowest BCUT2D eigenvalue weighted by atomic mass is 10.1. The molecule has 0 saturated heterocycles. The second-order valence-electron chi connectivity index (χ2n) is 7.28. The number of aliphatic imine (C=N–C) groups is 2. The van der Waals surface area contributed by atoms with Gasteiger partial charge in [0.25, 0.3) is 5.91 Å². The third-order valence-electron chi connectivity index (χ3n) is 5.08. The molecule has 0 aromatic heterocycles. The van der Waals surface area contributed by atoms with E-state index in [9.17, 15) is 9.59 Å². The summed E-state index contributed by atoms with van der Waals surface area (Å²) in [7, 11) is 3.10. The molecule has 0 bridgehead atoms. The van der Waals surface area contributed by atoms with E-state index in [1.165, 1.54) is 11.8 Å². The van der Waals surface area contributed by atoms with E-state index in [2.05, 4.69) is 15.3 Å². The number of amidine groups is 2. The van der Waals surface area contributed by atoms with Gasteiger partial charge in [-0.25, -0.2) is 9.89 Å². The smallest absolute Gasteiger partial charge is 0.259 e. The average molecular weight is 453 g/mol. The highest BCUT2D eigenvalue weighted by atomic mass is 32.2. The lowest BCUT2D eigenvalue weighted by Crippen LogP contribution is -2.41. The van der Waals surface area contributed by atoms with Gasteiger partial charge >= 0.3 is 0 Å². The molecule has 0 radical (unpaired) electrons. The van der Waals surface area contributed by atoms with Crippen LogP contribution in [0.15, 0.2) is 52.4 Å². The minimum atomic E-state index is -0.412. The molecule has 2 amide bonds. The van der Waals surface area contributed by atoms with Crippen molar-refractivity contribution in [1.82, 2.24) is 4.90 Å². The number of methoxy groups -OCH3 is 2. The maximum atomic E-state index is 13.0. The van der Waals surface area contributed by atoms with E-state index in [0.29, 0.717) is 34.6 Å². The molecule has 2 aromatic carbocycles. The maximum absolute atomic E-state index is 13.0. The summed E-state index contributed by atoms with van der Waals surface area (Å²) < 4.78 is 10.5. The molecule has 166 valence electrons. The molecular formula is C23H24N4O4S. The normalized spacial score (nSPS) is 16.7. The van der Waals surface area contributed by atoms with Crippen LogP contribution in [0.3, 0.4) is 0 Å². The van der Waals surface area contributed by atoms with Crippen LogP contribution in [-0.4, -0.2) is 53.7 Å². The Morgan fingerprint density at radius 2 is 1.88 bits per heavy atom. The van der Waals surface area contributed by atoms with Gasteiger partial charge in [-0.1, -0.05) is 37.2 Å². The van der Waals surface area contributed by atoms with E-state index in [4.69, 9.17) is 9.47 Å². The number of ether oxygens (including phenoxy) is 2. The maximum Gasteiger partial charge on any atom is 0.259 e. The van der Waals surface area contributed by atoms with Crippen LogP contribution in [0.5, 0.6) is 11.5 Å². The Labute approximate surface area is 190 Å². The molecule has 1 unspecified atom stereocenters. The van der Waals surface area contributed by atoms with Crippen molar-refractivity contribution < 1.29 is 19.1 Å². The van der Waals surface area contributed by atoms with E-state index < -0.39 is 6.04 Å². The number of carbonyl (C=O) groups is 2. The van der Waals surface area contributed by atoms with Gasteiger partial charge in [-0.15, -0.1) is 0 Å². The Bertz CT molecular complexity index is 1090. The zero-order valence-electron chi connectivity index (χ0n) is 18.1. The van der Waals surface area contributed by atoms with Crippen LogP contribution in [0.25, 0.3) is 0 Å². The number of thioether (sulfide) groups is 1. The summed E-state index contributed by atoms with van der Waals surface area (Å²) in [6, 6.07) is 12.3. The van der Waals surface area contributed by atoms with Crippen molar-refractivity contribution >= 4 is 46.0 Å². The highest BCUT2D eigenvalue weighted by Crippen LogP contribution is 2.34. The molecule has 0 fully saturated rings. The van der Waals surface area contributed by atoms with Gasteiger partial charge in [0, 0.05) is 29.4 Å². The third kappa shape index (κ3) is 4.34. The molecule has 2 heterocycles. The van der Waals surface area contributed by atoms with Crippen molar-refractivity contribution in [3.8, 4) is 11.5 Å². The summed E-state index contributed by atoms with van der Waals surface area (Å²) in [5.74, 6) is 1.51. The van der Waals surface area contributed by atoms with Crippen LogP contribution in [0.4, 0.5) is 11.4 Å². The molecule has 8 nitrogen and oxygen atoms in total. The lowest BCUT2D eigenvalue weighted by molar-refractivity contribution is -0.124. The fourth-order valence-electron chi connectivity index (χ4n) is 3.57. The highest BCUT2D eigenvalue weighted by Gasteiger charge is 2.40. The Morgan fingerprint density at radius 3 is 2.56 bits per heavy atom. The molecule has 2 aliphatic heterocycles. The fraction of sp³-hybridized carbons (Fsp3) is 0.304. The largest absolute Gasteiger partial charge is 0.497 e. The van der Waals surface area contributed by atoms with Gasteiger partial charge in [0.05, 0.1) is 25.7 Å². The number of amides is 2. The first-order valence-electron chi connectivity index (χ1n) is 10.3. The molecule has 2 aliphatic rings. The molecule has 2 aromatic rings. The predicted molar refractivity (Wildman–Crippen MR) is 126 cm³/mol.